The molecule has 0 N–H and O–H groups in total. The first-order valence-electron chi connectivity index (χ1n) is 5.02. The van der Waals surface area contributed by atoms with E-state index in [0.29, 0.717) is 22.8 Å². The zero-order valence-electron chi connectivity index (χ0n) is 10.4. The summed E-state index contributed by atoms with van der Waals surface area (Å²) in [6.07, 6.45) is 0. The molecule has 0 radical (unpaired) electrons. The lowest BCUT2D eigenvalue weighted by atomic mass is 10.1. The van der Waals surface area contributed by atoms with Gasteiger partial charge in [0.1, 0.15) is 22.8 Å². The molecule has 0 saturated carbocycles. The van der Waals surface area contributed by atoms with E-state index in [4.69, 9.17) is 18.9 Å². The molecule has 94 valence electrons. The van der Waals surface area contributed by atoms with Gasteiger partial charge in [0.25, 0.3) is 0 Å². The summed E-state index contributed by atoms with van der Waals surface area (Å²) in [7, 11) is 4.52. The number of benzene rings is 1. The molecule has 1 aromatic rings. The summed E-state index contributed by atoms with van der Waals surface area (Å²) < 4.78 is 20.4. The minimum Gasteiger partial charge on any atom is -0.496 e. The van der Waals surface area contributed by atoms with Crippen molar-refractivity contribution in [3.8, 4) is 17.2 Å². The molecule has 5 heteroatoms. The molecule has 0 spiro atoms. The molecule has 0 heterocycles. The lowest BCUT2D eigenvalue weighted by molar-refractivity contribution is 0.0499. The number of ether oxygens (including phenoxy) is 4. The topological polar surface area (TPSA) is 54.0 Å². The van der Waals surface area contributed by atoms with E-state index in [1.165, 1.54) is 28.3 Å². The Bertz CT molecular complexity index is 400. The average Bonchev–Trinajstić information content (AvgIpc) is 2.34. The predicted molar refractivity (Wildman–Crippen MR) is 62.1 cm³/mol. The Kier molecular flexibility index (Phi) is 4.78. The average molecular weight is 240 g/mol. The van der Waals surface area contributed by atoms with Crippen molar-refractivity contribution in [2.45, 2.75) is 6.92 Å². The number of Topliss-reactive ketones (excluding diaryl/α,β-unsaturated/α-hetero) is 1. The van der Waals surface area contributed by atoms with E-state index in [9.17, 15) is 4.79 Å². The fraction of sp³-hybridized carbons (Fsp3) is 0.417. The van der Waals surface area contributed by atoms with Crippen molar-refractivity contribution in [1.82, 2.24) is 0 Å². The van der Waals surface area contributed by atoms with Crippen LogP contribution in [0, 0.1) is 0 Å². The molecule has 0 bridgehead atoms. The first kappa shape index (κ1) is 13.3. The van der Waals surface area contributed by atoms with E-state index >= 15 is 0 Å². The van der Waals surface area contributed by atoms with Crippen molar-refractivity contribution in [2.75, 3.05) is 28.1 Å². The molecule has 1 aromatic carbocycles. The lowest BCUT2D eigenvalue weighted by Crippen LogP contribution is -2.06. The molecule has 0 aliphatic rings. The Morgan fingerprint density at radius 2 is 1.76 bits per heavy atom. The minimum atomic E-state index is -0.143. The number of rotatable bonds is 6. The van der Waals surface area contributed by atoms with Gasteiger partial charge in [-0.05, 0) is 6.92 Å². The first-order chi connectivity index (χ1) is 8.13. The molecule has 0 aromatic heterocycles. The Labute approximate surface area is 100 Å². The number of methoxy groups -OCH3 is 3. The summed E-state index contributed by atoms with van der Waals surface area (Å²) in [5.74, 6) is 1.21. The Balaban J connectivity index is 3.25. The normalized spacial score (nSPS) is 9.88. The van der Waals surface area contributed by atoms with Crippen LogP contribution >= 0.6 is 0 Å². The van der Waals surface area contributed by atoms with Crippen molar-refractivity contribution in [3.63, 3.8) is 0 Å². The van der Waals surface area contributed by atoms with Gasteiger partial charge in [0.05, 0.1) is 14.2 Å². The van der Waals surface area contributed by atoms with Crippen LogP contribution in [0.3, 0.4) is 0 Å². The van der Waals surface area contributed by atoms with Gasteiger partial charge in [-0.2, -0.15) is 0 Å². The largest absolute Gasteiger partial charge is 0.496 e. The molecule has 0 aliphatic carbocycles. The van der Waals surface area contributed by atoms with E-state index in [1.807, 2.05) is 0 Å². The second-order valence-corrected chi connectivity index (χ2v) is 3.31. The molecule has 0 aliphatic heterocycles. The lowest BCUT2D eigenvalue weighted by Gasteiger charge is -2.14. The fourth-order valence-corrected chi connectivity index (χ4v) is 1.43. The number of carbonyl (C=O) groups excluding carboxylic acids is 1. The van der Waals surface area contributed by atoms with Gasteiger partial charge in [-0.15, -0.1) is 0 Å². The summed E-state index contributed by atoms with van der Waals surface area (Å²) in [5.41, 5.74) is 0.380. The summed E-state index contributed by atoms with van der Waals surface area (Å²) in [6.45, 7) is 1.50. The number of hydrogen-bond donors (Lipinski definition) is 0. The van der Waals surface area contributed by atoms with Crippen LogP contribution in [0.25, 0.3) is 0 Å². The number of hydrogen-bond acceptors (Lipinski definition) is 5. The molecular weight excluding hydrogens is 224 g/mol. The van der Waals surface area contributed by atoms with Crippen LogP contribution in [0.1, 0.15) is 17.3 Å². The monoisotopic (exact) mass is 240 g/mol. The fourth-order valence-electron chi connectivity index (χ4n) is 1.43. The van der Waals surface area contributed by atoms with Crippen molar-refractivity contribution < 1.29 is 23.7 Å². The standard InChI is InChI=1S/C12H16O5/c1-8(13)12-10(16-4)5-9(15-3)6-11(12)17-7-14-2/h5-6H,7H2,1-4H3. The van der Waals surface area contributed by atoms with Gasteiger partial charge in [0, 0.05) is 19.2 Å². The SMILES string of the molecule is COCOc1cc(OC)cc(OC)c1C(C)=O. The maximum Gasteiger partial charge on any atom is 0.188 e. The molecule has 0 saturated heterocycles. The van der Waals surface area contributed by atoms with Crippen LogP contribution in [0.15, 0.2) is 12.1 Å². The summed E-state index contributed by atoms with van der Waals surface area (Å²) >= 11 is 0. The maximum absolute atomic E-state index is 11.6. The number of ketones is 1. The van der Waals surface area contributed by atoms with E-state index < -0.39 is 0 Å². The van der Waals surface area contributed by atoms with Gasteiger partial charge in [-0.25, -0.2) is 0 Å². The van der Waals surface area contributed by atoms with E-state index in [-0.39, 0.29) is 12.6 Å². The molecule has 17 heavy (non-hydrogen) atoms. The van der Waals surface area contributed by atoms with Gasteiger partial charge in [-0.3, -0.25) is 4.79 Å². The van der Waals surface area contributed by atoms with E-state index in [2.05, 4.69) is 0 Å². The zero-order chi connectivity index (χ0) is 12.8. The van der Waals surface area contributed by atoms with Gasteiger partial charge >= 0.3 is 0 Å². The summed E-state index contributed by atoms with van der Waals surface area (Å²) in [4.78, 5) is 11.6. The van der Waals surface area contributed by atoms with E-state index in [0.717, 1.165) is 0 Å². The van der Waals surface area contributed by atoms with Crippen molar-refractivity contribution in [3.05, 3.63) is 17.7 Å². The number of carbonyl (C=O) groups is 1. The summed E-state index contributed by atoms with van der Waals surface area (Å²) in [6, 6.07) is 3.26. The minimum absolute atomic E-state index is 0.0522. The zero-order valence-corrected chi connectivity index (χ0v) is 10.4. The molecule has 1 rings (SSSR count). The van der Waals surface area contributed by atoms with Gasteiger partial charge in [0.2, 0.25) is 0 Å². The second-order valence-electron chi connectivity index (χ2n) is 3.31. The highest BCUT2D eigenvalue weighted by molar-refractivity contribution is 6.00. The molecule has 0 atom stereocenters. The van der Waals surface area contributed by atoms with E-state index in [1.54, 1.807) is 12.1 Å². The highest BCUT2D eigenvalue weighted by Crippen LogP contribution is 2.34. The quantitative estimate of drug-likeness (QED) is 0.561. The van der Waals surface area contributed by atoms with Gasteiger partial charge < -0.3 is 18.9 Å². The van der Waals surface area contributed by atoms with Gasteiger partial charge in [-0.1, -0.05) is 0 Å². The molecular formula is C12H16O5. The first-order valence-corrected chi connectivity index (χ1v) is 5.02. The molecule has 0 amide bonds. The second kappa shape index (κ2) is 6.10. The summed E-state index contributed by atoms with van der Waals surface area (Å²) in [5, 5.41) is 0. The molecule has 0 fully saturated rings. The van der Waals surface area contributed by atoms with Crippen molar-refractivity contribution in [2.24, 2.45) is 0 Å². The Morgan fingerprint density at radius 1 is 1.12 bits per heavy atom. The van der Waals surface area contributed by atoms with Crippen molar-refractivity contribution in [1.29, 1.82) is 0 Å². The Morgan fingerprint density at radius 3 is 2.24 bits per heavy atom. The highest BCUT2D eigenvalue weighted by Gasteiger charge is 2.17. The predicted octanol–water partition coefficient (Wildman–Crippen LogP) is 1.89. The third-order valence-corrected chi connectivity index (χ3v) is 2.18. The van der Waals surface area contributed by atoms with Crippen LogP contribution in [0.2, 0.25) is 0 Å². The molecule has 0 unspecified atom stereocenters. The van der Waals surface area contributed by atoms with Crippen LogP contribution in [0.5, 0.6) is 17.2 Å². The smallest absolute Gasteiger partial charge is 0.188 e. The molecule has 5 nitrogen and oxygen atoms in total. The third-order valence-electron chi connectivity index (χ3n) is 2.18. The Hall–Kier alpha value is -1.75. The van der Waals surface area contributed by atoms with Crippen LogP contribution in [-0.2, 0) is 4.74 Å². The van der Waals surface area contributed by atoms with Crippen LogP contribution in [-0.4, -0.2) is 33.9 Å². The van der Waals surface area contributed by atoms with Crippen molar-refractivity contribution >= 4 is 5.78 Å². The third kappa shape index (κ3) is 3.10. The van der Waals surface area contributed by atoms with Gasteiger partial charge in [0.15, 0.2) is 12.6 Å². The van der Waals surface area contributed by atoms with Crippen LogP contribution in [0.4, 0.5) is 0 Å². The maximum atomic E-state index is 11.6. The van der Waals surface area contributed by atoms with Crippen LogP contribution < -0.4 is 14.2 Å². The highest BCUT2D eigenvalue weighted by atomic mass is 16.7.